The molecule has 0 bridgehead atoms. The topological polar surface area (TPSA) is 106 Å². The second kappa shape index (κ2) is 8.88. The summed E-state index contributed by atoms with van der Waals surface area (Å²) in [5, 5.41) is 14.7. The highest BCUT2D eigenvalue weighted by Gasteiger charge is 2.09. The molecule has 7 heteroatoms. The molecule has 5 rings (SSSR count). The Morgan fingerprint density at radius 2 is 1.53 bits per heavy atom. The van der Waals surface area contributed by atoms with Crippen LogP contribution in [0.1, 0.15) is 11.1 Å². The number of amides is 2. The average molecular weight is 444 g/mol. The molecular formula is C27H20N6O. The Balaban J connectivity index is 1.26. The first-order valence-corrected chi connectivity index (χ1v) is 10.7. The van der Waals surface area contributed by atoms with Gasteiger partial charge in [-0.15, -0.1) is 0 Å². The number of hydrogen-bond donors (Lipinski definition) is 3. The minimum Gasteiger partial charge on any atom is -0.343 e. The Labute approximate surface area is 196 Å². The van der Waals surface area contributed by atoms with Gasteiger partial charge in [0.2, 0.25) is 0 Å². The number of imidazole rings is 1. The van der Waals surface area contributed by atoms with Crippen molar-refractivity contribution < 1.29 is 4.79 Å². The van der Waals surface area contributed by atoms with Crippen LogP contribution in [0.4, 0.5) is 16.2 Å². The number of hydrogen-bond acceptors (Lipinski definition) is 4. The number of H-pyrrole nitrogens is 1. The van der Waals surface area contributed by atoms with Crippen LogP contribution in [0.2, 0.25) is 0 Å². The standard InChI is InChI=1S/C27H20N6O/c1-17-14-22(10-11-23(17)19-4-2-18(15-28)3-5-19)33-27(34)32-21-8-6-20(7-9-21)24-12-13-29-26-25(24)30-16-31-26/h2-14,16H,1H3,(H,29,30,31)(H2,32,33,34). The predicted molar refractivity (Wildman–Crippen MR) is 133 cm³/mol. The van der Waals surface area contributed by atoms with Crippen LogP contribution in [-0.2, 0) is 0 Å². The van der Waals surface area contributed by atoms with Gasteiger partial charge < -0.3 is 15.6 Å². The van der Waals surface area contributed by atoms with Gasteiger partial charge in [-0.05, 0) is 71.6 Å². The van der Waals surface area contributed by atoms with E-state index in [9.17, 15) is 4.79 Å². The smallest absolute Gasteiger partial charge is 0.323 e. The second-order valence-electron chi connectivity index (χ2n) is 7.83. The van der Waals surface area contributed by atoms with Crippen LogP contribution in [0, 0.1) is 18.3 Å². The van der Waals surface area contributed by atoms with Crippen LogP contribution in [0.3, 0.4) is 0 Å². The molecule has 3 N–H and O–H groups in total. The van der Waals surface area contributed by atoms with Crippen molar-refractivity contribution in [2.24, 2.45) is 0 Å². The third kappa shape index (κ3) is 4.20. The van der Waals surface area contributed by atoms with Gasteiger partial charge in [-0.25, -0.2) is 14.8 Å². The van der Waals surface area contributed by atoms with Crippen molar-refractivity contribution >= 4 is 28.6 Å². The molecule has 2 aromatic heterocycles. The Morgan fingerprint density at radius 3 is 2.26 bits per heavy atom. The minimum absolute atomic E-state index is 0.321. The van der Waals surface area contributed by atoms with Gasteiger partial charge in [-0.3, -0.25) is 0 Å². The lowest BCUT2D eigenvalue weighted by Crippen LogP contribution is -2.19. The summed E-state index contributed by atoms with van der Waals surface area (Å²) in [6, 6.07) is 24.5. The highest BCUT2D eigenvalue weighted by atomic mass is 16.2. The molecular weight excluding hydrogens is 424 g/mol. The summed E-state index contributed by atoms with van der Waals surface area (Å²) in [7, 11) is 0. The fraction of sp³-hybridized carbons (Fsp3) is 0.0370. The number of fused-ring (bicyclic) bond motifs is 1. The van der Waals surface area contributed by atoms with Crippen LogP contribution in [0.5, 0.6) is 0 Å². The number of nitriles is 1. The number of carbonyl (C=O) groups excluding carboxylic acids is 1. The lowest BCUT2D eigenvalue weighted by molar-refractivity contribution is 0.262. The number of aryl methyl sites for hydroxylation is 1. The van der Waals surface area contributed by atoms with E-state index >= 15 is 0 Å². The number of nitrogens with zero attached hydrogens (tertiary/aromatic N) is 3. The van der Waals surface area contributed by atoms with Gasteiger partial charge in [-0.1, -0.05) is 30.3 Å². The Hall–Kier alpha value is -4.96. The van der Waals surface area contributed by atoms with E-state index in [4.69, 9.17) is 5.26 Å². The summed E-state index contributed by atoms with van der Waals surface area (Å²) in [6.07, 6.45) is 3.35. The van der Waals surface area contributed by atoms with Gasteiger partial charge in [0.05, 0.1) is 23.5 Å². The molecule has 0 aliphatic rings. The molecule has 3 aromatic carbocycles. The highest BCUT2D eigenvalue weighted by molar-refractivity contribution is 6.00. The molecule has 5 aromatic rings. The summed E-state index contributed by atoms with van der Waals surface area (Å²) >= 11 is 0. The summed E-state index contributed by atoms with van der Waals surface area (Å²) in [5.41, 5.74) is 8.63. The molecule has 7 nitrogen and oxygen atoms in total. The number of rotatable bonds is 4. The average Bonchev–Trinajstić information content (AvgIpc) is 3.34. The van der Waals surface area contributed by atoms with Crippen molar-refractivity contribution in [1.82, 2.24) is 15.0 Å². The molecule has 0 aliphatic heterocycles. The summed E-state index contributed by atoms with van der Waals surface area (Å²) in [5.74, 6) is 0. The third-order valence-corrected chi connectivity index (χ3v) is 5.59. The van der Waals surface area contributed by atoms with Crippen molar-refractivity contribution in [3.63, 3.8) is 0 Å². The molecule has 0 spiro atoms. The second-order valence-corrected chi connectivity index (χ2v) is 7.83. The number of nitrogens with one attached hydrogen (secondary N) is 3. The monoisotopic (exact) mass is 444 g/mol. The number of pyridine rings is 1. The van der Waals surface area contributed by atoms with Gasteiger partial charge in [0.25, 0.3) is 0 Å². The van der Waals surface area contributed by atoms with Gasteiger partial charge in [-0.2, -0.15) is 5.26 Å². The van der Waals surface area contributed by atoms with E-state index in [1.165, 1.54) is 0 Å². The molecule has 0 aliphatic carbocycles. The third-order valence-electron chi connectivity index (χ3n) is 5.59. The molecule has 0 radical (unpaired) electrons. The van der Waals surface area contributed by atoms with Crippen molar-refractivity contribution in [2.75, 3.05) is 10.6 Å². The lowest BCUT2D eigenvalue weighted by Gasteiger charge is -2.12. The molecule has 0 saturated heterocycles. The van der Waals surface area contributed by atoms with Gasteiger partial charge in [0, 0.05) is 23.1 Å². The van der Waals surface area contributed by atoms with Gasteiger partial charge in [0.1, 0.15) is 0 Å². The fourth-order valence-corrected chi connectivity index (χ4v) is 3.91. The Morgan fingerprint density at radius 1 is 0.853 bits per heavy atom. The minimum atomic E-state index is -0.321. The summed E-state index contributed by atoms with van der Waals surface area (Å²) in [6.45, 7) is 1.99. The molecule has 0 fully saturated rings. The van der Waals surface area contributed by atoms with Crippen LogP contribution in [0.25, 0.3) is 33.4 Å². The molecule has 0 unspecified atom stereocenters. The van der Waals surface area contributed by atoms with Crippen molar-refractivity contribution in [1.29, 1.82) is 5.26 Å². The van der Waals surface area contributed by atoms with E-state index in [0.29, 0.717) is 22.6 Å². The van der Waals surface area contributed by atoms with Crippen LogP contribution in [-0.4, -0.2) is 21.0 Å². The quantitative estimate of drug-likeness (QED) is 0.311. The number of aromatic nitrogens is 3. The summed E-state index contributed by atoms with van der Waals surface area (Å²) < 4.78 is 0. The predicted octanol–water partition coefficient (Wildman–Crippen LogP) is 6.12. The Bertz CT molecular complexity index is 1530. The van der Waals surface area contributed by atoms with Gasteiger partial charge in [0.15, 0.2) is 5.65 Å². The van der Waals surface area contributed by atoms with E-state index in [0.717, 1.165) is 33.3 Å². The number of aromatic amines is 1. The van der Waals surface area contributed by atoms with Crippen LogP contribution >= 0.6 is 0 Å². The number of urea groups is 1. The zero-order valence-electron chi connectivity index (χ0n) is 18.3. The van der Waals surface area contributed by atoms with Gasteiger partial charge >= 0.3 is 6.03 Å². The normalized spacial score (nSPS) is 10.6. The van der Waals surface area contributed by atoms with E-state index in [2.05, 4.69) is 31.7 Å². The van der Waals surface area contributed by atoms with Crippen molar-refractivity contribution in [2.45, 2.75) is 6.92 Å². The number of benzene rings is 3. The first kappa shape index (κ1) is 20.9. The molecule has 0 atom stereocenters. The highest BCUT2D eigenvalue weighted by Crippen LogP contribution is 2.28. The largest absolute Gasteiger partial charge is 0.343 e. The number of anilines is 2. The molecule has 34 heavy (non-hydrogen) atoms. The van der Waals surface area contributed by atoms with E-state index in [1.807, 2.05) is 67.6 Å². The molecule has 2 amide bonds. The van der Waals surface area contributed by atoms with E-state index in [1.54, 1.807) is 24.7 Å². The number of carbonyl (C=O) groups is 1. The SMILES string of the molecule is Cc1cc(NC(=O)Nc2ccc(-c3ccnc4nc[nH]c34)cc2)ccc1-c1ccc(C#N)cc1. The summed E-state index contributed by atoms with van der Waals surface area (Å²) in [4.78, 5) is 24.1. The van der Waals surface area contributed by atoms with E-state index in [-0.39, 0.29) is 6.03 Å². The van der Waals surface area contributed by atoms with Crippen molar-refractivity contribution in [3.8, 4) is 28.3 Å². The van der Waals surface area contributed by atoms with E-state index < -0.39 is 0 Å². The Kier molecular flexibility index (Phi) is 5.46. The molecule has 2 heterocycles. The zero-order valence-corrected chi connectivity index (χ0v) is 18.3. The first-order valence-electron chi connectivity index (χ1n) is 10.7. The molecule has 164 valence electrons. The molecule has 0 saturated carbocycles. The fourth-order valence-electron chi connectivity index (χ4n) is 3.91. The van der Waals surface area contributed by atoms with Crippen molar-refractivity contribution in [3.05, 3.63) is 96.4 Å². The lowest BCUT2D eigenvalue weighted by atomic mass is 9.99. The first-order chi connectivity index (χ1) is 16.6. The maximum atomic E-state index is 12.5. The maximum Gasteiger partial charge on any atom is 0.323 e. The van der Waals surface area contributed by atoms with Crippen LogP contribution in [0.15, 0.2) is 85.3 Å². The zero-order chi connectivity index (χ0) is 23.5. The maximum absolute atomic E-state index is 12.5. The van der Waals surface area contributed by atoms with Crippen LogP contribution < -0.4 is 10.6 Å².